The van der Waals surface area contributed by atoms with E-state index in [-0.39, 0.29) is 24.0 Å². The van der Waals surface area contributed by atoms with Gasteiger partial charge in [0.1, 0.15) is 0 Å². The Balaban J connectivity index is 0.00000320. The lowest BCUT2D eigenvalue weighted by Gasteiger charge is -2.27. The van der Waals surface area contributed by atoms with E-state index in [0.29, 0.717) is 0 Å². The largest absolute Gasteiger partial charge is 0.356 e. The van der Waals surface area contributed by atoms with E-state index in [1.54, 1.807) is 0 Å². The second-order valence-electron chi connectivity index (χ2n) is 7.96. The summed E-state index contributed by atoms with van der Waals surface area (Å²) >= 11 is 0. The van der Waals surface area contributed by atoms with E-state index in [1.165, 1.54) is 49.2 Å². The smallest absolute Gasteiger partial charge is 0.191 e. The molecule has 0 saturated carbocycles. The SMILES string of the molecule is CN=C(NCCCn1nc(C)cc1C)NCc1ccccc1CN1CCCCC1.I. The van der Waals surface area contributed by atoms with Gasteiger partial charge in [-0.1, -0.05) is 30.7 Å². The van der Waals surface area contributed by atoms with Crippen molar-refractivity contribution in [3.05, 3.63) is 52.8 Å². The van der Waals surface area contributed by atoms with E-state index in [2.05, 4.69) is 67.6 Å². The monoisotopic (exact) mass is 524 g/mol. The van der Waals surface area contributed by atoms with Gasteiger partial charge in [-0.25, -0.2) is 0 Å². The molecular weight excluding hydrogens is 487 g/mol. The van der Waals surface area contributed by atoms with Crippen LogP contribution in [0.15, 0.2) is 35.3 Å². The highest BCUT2D eigenvalue weighted by Gasteiger charge is 2.12. The number of aromatic nitrogens is 2. The van der Waals surface area contributed by atoms with Crippen molar-refractivity contribution in [3.8, 4) is 0 Å². The lowest BCUT2D eigenvalue weighted by atomic mass is 10.0. The Morgan fingerprint density at radius 1 is 1.07 bits per heavy atom. The number of hydrogen-bond donors (Lipinski definition) is 2. The van der Waals surface area contributed by atoms with Crippen LogP contribution >= 0.6 is 24.0 Å². The summed E-state index contributed by atoms with van der Waals surface area (Å²) in [6, 6.07) is 10.9. The van der Waals surface area contributed by atoms with Crippen LogP contribution in [0.1, 0.15) is 48.2 Å². The third-order valence-electron chi connectivity index (χ3n) is 5.57. The number of guanidine groups is 1. The number of rotatable bonds is 8. The summed E-state index contributed by atoms with van der Waals surface area (Å²) in [5.41, 5.74) is 5.07. The van der Waals surface area contributed by atoms with Gasteiger partial charge in [-0.05, 0) is 63.4 Å². The molecule has 0 atom stereocenters. The van der Waals surface area contributed by atoms with Gasteiger partial charge in [0.05, 0.1) is 5.69 Å². The first kappa shape index (κ1) is 24.7. The maximum atomic E-state index is 4.52. The van der Waals surface area contributed by atoms with Gasteiger partial charge in [0.25, 0.3) is 0 Å². The van der Waals surface area contributed by atoms with Crippen LogP contribution in [-0.4, -0.2) is 47.3 Å². The molecule has 0 unspecified atom stereocenters. The first-order valence-electron chi connectivity index (χ1n) is 10.9. The number of aryl methyl sites for hydroxylation is 3. The van der Waals surface area contributed by atoms with Crippen molar-refractivity contribution in [3.63, 3.8) is 0 Å². The molecule has 1 aliphatic rings. The van der Waals surface area contributed by atoms with E-state index in [9.17, 15) is 0 Å². The zero-order valence-corrected chi connectivity index (χ0v) is 21.0. The van der Waals surface area contributed by atoms with Gasteiger partial charge in [0.15, 0.2) is 5.96 Å². The average molecular weight is 524 g/mol. The predicted octanol–water partition coefficient (Wildman–Crippen LogP) is 3.86. The van der Waals surface area contributed by atoms with Crippen LogP contribution in [-0.2, 0) is 19.6 Å². The highest BCUT2D eigenvalue weighted by Crippen LogP contribution is 2.16. The number of aliphatic imine (C=N–C) groups is 1. The number of hydrogen-bond acceptors (Lipinski definition) is 3. The van der Waals surface area contributed by atoms with Gasteiger partial charge in [-0.2, -0.15) is 5.10 Å². The van der Waals surface area contributed by atoms with Crippen molar-refractivity contribution in [2.24, 2.45) is 4.99 Å². The highest BCUT2D eigenvalue weighted by atomic mass is 127. The van der Waals surface area contributed by atoms with E-state index in [0.717, 1.165) is 44.3 Å². The van der Waals surface area contributed by atoms with Gasteiger partial charge in [-0.3, -0.25) is 14.6 Å². The van der Waals surface area contributed by atoms with Crippen molar-refractivity contribution in [2.45, 2.75) is 59.2 Å². The molecule has 0 spiro atoms. The molecule has 30 heavy (non-hydrogen) atoms. The summed E-state index contributed by atoms with van der Waals surface area (Å²) < 4.78 is 2.07. The fraction of sp³-hybridized carbons (Fsp3) is 0.565. The highest BCUT2D eigenvalue weighted by molar-refractivity contribution is 14.0. The molecule has 1 aromatic carbocycles. The van der Waals surface area contributed by atoms with Crippen LogP contribution < -0.4 is 10.6 Å². The first-order chi connectivity index (χ1) is 14.2. The van der Waals surface area contributed by atoms with Gasteiger partial charge in [-0.15, -0.1) is 24.0 Å². The lowest BCUT2D eigenvalue weighted by Crippen LogP contribution is -2.38. The molecule has 1 aromatic heterocycles. The number of piperidine rings is 1. The molecule has 3 rings (SSSR count). The van der Waals surface area contributed by atoms with Crippen LogP contribution in [0.4, 0.5) is 0 Å². The number of likely N-dealkylation sites (tertiary alicyclic amines) is 1. The fourth-order valence-corrected chi connectivity index (χ4v) is 3.98. The Bertz CT molecular complexity index is 795. The van der Waals surface area contributed by atoms with Crippen molar-refractivity contribution < 1.29 is 0 Å². The molecule has 0 amide bonds. The molecule has 6 nitrogen and oxygen atoms in total. The van der Waals surface area contributed by atoms with Crippen LogP contribution in [0.3, 0.4) is 0 Å². The van der Waals surface area contributed by atoms with Gasteiger partial charge in [0.2, 0.25) is 0 Å². The molecule has 2 aromatic rings. The summed E-state index contributed by atoms with van der Waals surface area (Å²) in [6.45, 7) is 10.2. The van der Waals surface area contributed by atoms with Crippen molar-refractivity contribution in [1.29, 1.82) is 0 Å². The minimum atomic E-state index is 0. The molecular formula is C23H37IN6. The molecule has 166 valence electrons. The van der Waals surface area contributed by atoms with Crippen LogP contribution in [0, 0.1) is 13.8 Å². The van der Waals surface area contributed by atoms with Crippen molar-refractivity contribution >= 4 is 29.9 Å². The molecule has 1 saturated heterocycles. The molecule has 0 bridgehead atoms. The fourth-order valence-electron chi connectivity index (χ4n) is 3.98. The third kappa shape index (κ3) is 7.58. The Labute approximate surface area is 198 Å². The summed E-state index contributed by atoms with van der Waals surface area (Å²) in [5.74, 6) is 0.853. The van der Waals surface area contributed by atoms with E-state index in [1.807, 2.05) is 14.0 Å². The topological polar surface area (TPSA) is 57.5 Å². The molecule has 0 aliphatic carbocycles. The number of halogens is 1. The summed E-state index contributed by atoms with van der Waals surface area (Å²) in [5, 5.41) is 11.4. The third-order valence-corrected chi connectivity index (χ3v) is 5.57. The lowest BCUT2D eigenvalue weighted by molar-refractivity contribution is 0.220. The number of benzene rings is 1. The van der Waals surface area contributed by atoms with Crippen LogP contribution in [0.5, 0.6) is 0 Å². The number of nitrogens with zero attached hydrogens (tertiary/aromatic N) is 4. The maximum Gasteiger partial charge on any atom is 0.191 e. The van der Waals surface area contributed by atoms with Crippen LogP contribution in [0.25, 0.3) is 0 Å². The minimum absolute atomic E-state index is 0. The summed E-state index contributed by atoms with van der Waals surface area (Å²) in [6.07, 6.45) is 5.04. The van der Waals surface area contributed by atoms with E-state index in [4.69, 9.17) is 0 Å². The Morgan fingerprint density at radius 2 is 1.80 bits per heavy atom. The quantitative estimate of drug-likeness (QED) is 0.239. The minimum Gasteiger partial charge on any atom is -0.356 e. The molecule has 1 fully saturated rings. The maximum absolute atomic E-state index is 4.52. The normalized spacial score (nSPS) is 15.0. The second kappa shape index (κ2) is 12.9. The molecule has 2 heterocycles. The Kier molecular flexibility index (Phi) is 10.6. The Morgan fingerprint density at radius 3 is 2.47 bits per heavy atom. The zero-order chi connectivity index (χ0) is 20.5. The second-order valence-corrected chi connectivity index (χ2v) is 7.96. The first-order valence-corrected chi connectivity index (χ1v) is 10.9. The predicted molar refractivity (Wildman–Crippen MR) is 136 cm³/mol. The summed E-state index contributed by atoms with van der Waals surface area (Å²) in [7, 11) is 1.83. The number of nitrogens with one attached hydrogen (secondary N) is 2. The standard InChI is InChI=1S/C23H36N6.HI/c1-19-16-20(2)29(27-19)15-9-12-25-23(24-3)26-17-21-10-5-6-11-22(21)18-28-13-7-4-8-14-28;/h5-6,10-11,16H,4,7-9,12-15,17-18H2,1-3H3,(H2,24,25,26);1H. The van der Waals surface area contributed by atoms with Gasteiger partial charge in [0, 0.05) is 38.9 Å². The molecule has 7 heteroatoms. The van der Waals surface area contributed by atoms with Crippen molar-refractivity contribution in [1.82, 2.24) is 25.3 Å². The molecule has 1 aliphatic heterocycles. The summed E-state index contributed by atoms with van der Waals surface area (Å²) in [4.78, 5) is 6.95. The van der Waals surface area contributed by atoms with Crippen LogP contribution in [0.2, 0.25) is 0 Å². The van der Waals surface area contributed by atoms with Gasteiger partial charge < -0.3 is 10.6 Å². The van der Waals surface area contributed by atoms with Crippen molar-refractivity contribution in [2.75, 3.05) is 26.7 Å². The average Bonchev–Trinajstić information content (AvgIpc) is 3.06. The van der Waals surface area contributed by atoms with Gasteiger partial charge >= 0.3 is 0 Å². The zero-order valence-electron chi connectivity index (χ0n) is 18.7. The van der Waals surface area contributed by atoms with E-state index >= 15 is 0 Å². The Hall–Kier alpha value is -1.61. The molecule has 0 radical (unpaired) electrons. The van der Waals surface area contributed by atoms with E-state index < -0.39 is 0 Å². The molecule has 2 N–H and O–H groups in total.